The normalized spacial score (nSPS) is 21.3. The van der Waals surface area contributed by atoms with Crippen molar-refractivity contribution in [3.8, 4) is 0 Å². The number of hydrogen-bond acceptors (Lipinski definition) is 0. The maximum Gasteiger partial charge on any atom is 0 e. The molecule has 0 saturated heterocycles. The van der Waals surface area contributed by atoms with E-state index < -0.39 is 0 Å². The predicted molar refractivity (Wildman–Crippen MR) is 84.7 cm³/mol. The molecule has 19 heavy (non-hydrogen) atoms. The highest BCUT2D eigenvalue weighted by atomic mass is 14.3. The van der Waals surface area contributed by atoms with Gasteiger partial charge in [-0.25, -0.2) is 0 Å². The van der Waals surface area contributed by atoms with E-state index in [1.807, 2.05) is 0 Å². The van der Waals surface area contributed by atoms with Crippen molar-refractivity contribution in [1.82, 2.24) is 0 Å². The van der Waals surface area contributed by atoms with Crippen LogP contribution in [0, 0.1) is 0 Å². The SMILES string of the molecule is C.[B].c1ccc(C2CCC(c3ccccc3)C2)cc1. The third-order valence-corrected chi connectivity index (χ3v) is 3.97. The summed E-state index contributed by atoms with van der Waals surface area (Å²) in [7, 11) is 0. The minimum absolute atomic E-state index is 0. The molecule has 1 heteroatoms. The average Bonchev–Trinajstić information content (AvgIpc) is 2.90. The van der Waals surface area contributed by atoms with Gasteiger partial charge in [-0.05, 0) is 42.2 Å². The van der Waals surface area contributed by atoms with Gasteiger partial charge in [0.1, 0.15) is 0 Å². The zero-order valence-electron chi connectivity index (χ0n) is 10.6. The molecular formula is C18H22B. The molecule has 2 aromatic carbocycles. The van der Waals surface area contributed by atoms with Gasteiger partial charge >= 0.3 is 0 Å². The second-order valence-electron chi connectivity index (χ2n) is 5.03. The minimum atomic E-state index is 0. The Bertz CT molecular complexity index is 418. The lowest BCUT2D eigenvalue weighted by atomic mass is 9.93. The number of benzene rings is 2. The summed E-state index contributed by atoms with van der Waals surface area (Å²) < 4.78 is 0. The third-order valence-electron chi connectivity index (χ3n) is 3.97. The molecule has 0 aliphatic heterocycles. The van der Waals surface area contributed by atoms with Gasteiger partial charge in [-0.1, -0.05) is 68.1 Å². The highest BCUT2D eigenvalue weighted by molar-refractivity contribution is 5.75. The van der Waals surface area contributed by atoms with E-state index in [0.29, 0.717) is 0 Å². The van der Waals surface area contributed by atoms with E-state index in [2.05, 4.69) is 60.7 Å². The Kier molecular flexibility index (Phi) is 5.88. The van der Waals surface area contributed by atoms with Crippen molar-refractivity contribution in [3.63, 3.8) is 0 Å². The van der Waals surface area contributed by atoms with Crippen LogP contribution in [-0.4, -0.2) is 8.41 Å². The number of hydrogen-bond donors (Lipinski definition) is 0. The Balaban J connectivity index is 0.000000902. The van der Waals surface area contributed by atoms with Crippen LogP contribution in [0.15, 0.2) is 60.7 Å². The third kappa shape index (κ3) is 3.50. The topological polar surface area (TPSA) is 0 Å². The fourth-order valence-electron chi connectivity index (χ4n) is 3.04. The van der Waals surface area contributed by atoms with E-state index in [1.54, 1.807) is 0 Å². The molecular weight excluding hydrogens is 227 g/mol. The molecule has 1 saturated carbocycles. The van der Waals surface area contributed by atoms with Crippen LogP contribution in [0.1, 0.15) is 49.7 Å². The van der Waals surface area contributed by atoms with Gasteiger partial charge in [0.2, 0.25) is 0 Å². The molecule has 2 atom stereocenters. The van der Waals surface area contributed by atoms with Crippen LogP contribution < -0.4 is 0 Å². The monoisotopic (exact) mass is 249 g/mol. The van der Waals surface area contributed by atoms with Crippen molar-refractivity contribution in [2.45, 2.75) is 38.5 Å². The first-order valence-corrected chi connectivity index (χ1v) is 6.53. The molecule has 0 heterocycles. The van der Waals surface area contributed by atoms with Crippen LogP contribution >= 0.6 is 0 Å². The van der Waals surface area contributed by atoms with Gasteiger partial charge in [0, 0.05) is 8.41 Å². The second-order valence-corrected chi connectivity index (χ2v) is 5.03. The Morgan fingerprint density at radius 3 is 1.37 bits per heavy atom. The van der Waals surface area contributed by atoms with Crippen LogP contribution in [0.25, 0.3) is 0 Å². The van der Waals surface area contributed by atoms with Gasteiger partial charge in [0.25, 0.3) is 0 Å². The molecule has 97 valence electrons. The Labute approximate surface area is 119 Å². The molecule has 1 aliphatic carbocycles. The molecule has 0 amide bonds. The molecule has 0 bridgehead atoms. The number of rotatable bonds is 2. The molecule has 0 nitrogen and oxygen atoms in total. The van der Waals surface area contributed by atoms with Crippen molar-refractivity contribution < 1.29 is 0 Å². The van der Waals surface area contributed by atoms with Crippen LogP contribution in [0.3, 0.4) is 0 Å². The van der Waals surface area contributed by atoms with Crippen molar-refractivity contribution in [2.24, 2.45) is 0 Å². The van der Waals surface area contributed by atoms with Gasteiger partial charge in [-0.3, -0.25) is 0 Å². The summed E-state index contributed by atoms with van der Waals surface area (Å²) in [5, 5.41) is 0. The highest BCUT2D eigenvalue weighted by Crippen LogP contribution is 2.43. The van der Waals surface area contributed by atoms with Gasteiger partial charge in [-0.2, -0.15) is 0 Å². The standard InChI is InChI=1S/C17H18.CH4.B/c1-3-7-14(8-4-1)16-11-12-17(13-16)15-9-5-2-6-10-15;;/h1-10,16-17H,11-13H2;1H4;. The van der Waals surface area contributed by atoms with Gasteiger partial charge < -0.3 is 0 Å². The van der Waals surface area contributed by atoms with Crippen LogP contribution in [0.4, 0.5) is 0 Å². The largest absolute Gasteiger partial charge is 0.0776 e. The molecule has 2 aromatic rings. The van der Waals surface area contributed by atoms with E-state index in [0.717, 1.165) is 11.8 Å². The Morgan fingerprint density at radius 1 is 0.632 bits per heavy atom. The summed E-state index contributed by atoms with van der Waals surface area (Å²) in [4.78, 5) is 0. The van der Waals surface area contributed by atoms with Crippen molar-refractivity contribution in [2.75, 3.05) is 0 Å². The lowest BCUT2D eigenvalue weighted by molar-refractivity contribution is 0.686. The first-order chi connectivity index (χ1) is 8.43. The Hall–Kier alpha value is -1.50. The molecule has 0 N–H and O–H groups in total. The zero-order valence-corrected chi connectivity index (χ0v) is 10.6. The summed E-state index contributed by atoms with van der Waals surface area (Å²) >= 11 is 0. The van der Waals surface area contributed by atoms with Crippen LogP contribution in [-0.2, 0) is 0 Å². The van der Waals surface area contributed by atoms with E-state index >= 15 is 0 Å². The van der Waals surface area contributed by atoms with Crippen LogP contribution in [0.5, 0.6) is 0 Å². The maximum atomic E-state index is 2.28. The minimum Gasteiger partial charge on any atom is -0.0776 e. The molecule has 0 spiro atoms. The van der Waals surface area contributed by atoms with E-state index in [4.69, 9.17) is 0 Å². The molecule has 3 rings (SSSR count). The Morgan fingerprint density at radius 2 is 1.00 bits per heavy atom. The van der Waals surface area contributed by atoms with Crippen molar-refractivity contribution in [1.29, 1.82) is 0 Å². The maximum absolute atomic E-state index is 2.28. The fourth-order valence-corrected chi connectivity index (χ4v) is 3.04. The molecule has 3 radical (unpaired) electrons. The fraction of sp³-hybridized carbons (Fsp3) is 0.333. The quantitative estimate of drug-likeness (QED) is 0.657. The first kappa shape index (κ1) is 15.6. The van der Waals surface area contributed by atoms with Crippen molar-refractivity contribution >= 4 is 8.41 Å². The predicted octanol–water partition coefficient (Wildman–Crippen LogP) is 4.99. The van der Waals surface area contributed by atoms with E-state index in [1.165, 1.54) is 30.4 Å². The van der Waals surface area contributed by atoms with E-state index in [9.17, 15) is 0 Å². The molecule has 1 fully saturated rings. The zero-order chi connectivity index (χ0) is 11.5. The lowest BCUT2D eigenvalue weighted by Gasteiger charge is -2.12. The molecule has 0 aromatic heterocycles. The lowest BCUT2D eigenvalue weighted by Crippen LogP contribution is -1.94. The van der Waals surface area contributed by atoms with Crippen molar-refractivity contribution in [3.05, 3.63) is 71.8 Å². The summed E-state index contributed by atoms with van der Waals surface area (Å²) in [6.45, 7) is 0. The molecule has 1 aliphatic rings. The highest BCUT2D eigenvalue weighted by Gasteiger charge is 2.26. The van der Waals surface area contributed by atoms with Crippen LogP contribution in [0.2, 0.25) is 0 Å². The summed E-state index contributed by atoms with van der Waals surface area (Å²) in [5.41, 5.74) is 3.04. The van der Waals surface area contributed by atoms with Gasteiger partial charge in [-0.15, -0.1) is 0 Å². The average molecular weight is 249 g/mol. The first-order valence-electron chi connectivity index (χ1n) is 6.53. The van der Waals surface area contributed by atoms with Gasteiger partial charge in [0.05, 0.1) is 0 Å². The summed E-state index contributed by atoms with van der Waals surface area (Å²) in [5.74, 6) is 1.53. The molecule has 2 unspecified atom stereocenters. The van der Waals surface area contributed by atoms with Gasteiger partial charge in [0.15, 0.2) is 0 Å². The smallest absolute Gasteiger partial charge is 0 e. The summed E-state index contributed by atoms with van der Waals surface area (Å²) in [6, 6.07) is 21.9. The second kappa shape index (κ2) is 7.18. The van der Waals surface area contributed by atoms with E-state index in [-0.39, 0.29) is 15.8 Å². The summed E-state index contributed by atoms with van der Waals surface area (Å²) in [6.07, 6.45) is 3.99.